The highest BCUT2D eigenvalue weighted by molar-refractivity contribution is 6.33. The fourth-order valence-electron chi connectivity index (χ4n) is 3.77. The largest absolute Gasteiger partial charge is 0.492 e. The number of benzene rings is 2. The van der Waals surface area contributed by atoms with Crippen LogP contribution in [0.2, 0.25) is 5.02 Å². The van der Waals surface area contributed by atoms with Gasteiger partial charge in [0.15, 0.2) is 0 Å². The van der Waals surface area contributed by atoms with Crippen LogP contribution in [0.25, 0.3) is 0 Å². The van der Waals surface area contributed by atoms with Crippen molar-refractivity contribution in [2.75, 3.05) is 25.4 Å². The number of aliphatic hydroxyl groups is 1. The maximum Gasteiger partial charge on any atom is 0.410 e. The molecule has 1 amide bonds. The second-order valence-electron chi connectivity index (χ2n) is 11.5. The van der Waals surface area contributed by atoms with Gasteiger partial charge in [-0.15, -0.1) is 0 Å². The Hall–Kier alpha value is -3.37. The summed E-state index contributed by atoms with van der Waals surface area (Å²) in [6.45, 7) is 12.5. The number of anilines is 1. The van der Waals surface area contributed by atoms with E-state index in [0.29, 0.717) is 33.3 Å². The van der Waals surface area contributed by atoms with Crippen LogP contribution < -0.4 is 10.5 Å². The van der Waals surface area contributed by atoms with E-state index in [4.69, 9.17) is 31.5 Å². The highest BCUT2D eigenvalue weighted by Crippen LogP contribution is 2.43. The number of esters is 1. The predicted octanol–water partition coefficient (Wildman–Crippen LogP) is 5.93. The number of fused-ring (bicyclic) bond motifs is 1. The van der Waals surface area contributed by atoms with Crippen molar-refractivity contribution in [3.63, 3.8) is 0 Å². The average molecular weight is 561 g/mol. The fourth-order valence-corrected chi connectivity index (χ4v) is 3.89. The van der Waals surface area contributed by atoms with E-state index in [1.54, 1.807) is 84.9 Å². The van der Waals surface area contributed by atoms with Gasteiger partial charge in [0.05, 0.1) is 35.6 Å². The third-order valence-corrected chi connectivity index (χ3v) is 6.07. The number of carbonyl (C=O) groups excluding carboxylic acids is 2. The summed E-state index contributed by atoms with van der Waals surface area (Å²) >= 11 is 5.99. The van der Waals surface area contributed by atoms with Crippen molar-refractivity contribution >= 4 is 35.0 Å². The molecule has 0 fully saturated rings. The number of halogens is 1. The first kappa shape index (κ1) is 30.2. The van der Waals surface area contributed by atoms with E-state index in [0.717, 1.165) is 0 Å². The molecule has 2 unspecified atom stereocenters. The standard InChI is InChI=1S/C28H37ClN4O6/c1-26(2,3)38-24(35)28(7)19-10-9-18(15-22(19)31-32-28)37-13-12-33(25(36)39-27(4,5)6)16-23(34)17-8-11-20(29)21(30)14-17/h8-11,14-15,23,34H,12-13,16,30H2,1-7H3. The summed E-state index contributed by atoms with van der Waals surface area (Å²) in [6.07, 6.45) is -1.62. The van der Waals surface area contributed by atoms with Gasteiger partial charge >= 0.3 is 12.1 Å². The lowest BCUT2D eigenvalue weighted by Gasteiger charge is -2.29. The predicted molar refractivity (Wildman–Crippen MR) is 148 cm³/mol. The maximum absolute atomic E-state index is 12.9. The lowest BCUT2D eigenvalue weighted by Crippen LogP contribution is -2.41. The van der Waals surface area contributed by atoms with Gasteiger partial charge in [0.1, 0.15) is 23.6 Å². The zero-order valence-electron chi connectivity index (χ0n) is 23.4. The lowest BCUT2D eigenvalue weighted by molar-refractivity contribution is -0.161. The van der Waals surface area contributed by atoms with Crippen molar-refractivity contribution < 1.29 is 28.9 Å². The van der Waals surface area contributed by atoms with Crippen LogP contribution >= 0.6 is 11.6 Å². The van der Waals surface area contributed by atoms with E-state index < -0.39 is 34.9 Å². The first-order valence-corrected chi connectivity index (χ1v) is 13.0. The molecule has 212 valence electrons. The van der Waals surface area contributed by atoms with Crippen molar-refractivity contribution in [3.8, 4) is 5.75 Å². The Morgan fingerprint density at radius 1 is 1.08 bits per heavy atom. The van der Waals surface area contributed by atoms with Crippen molar-refractivity contribution in [1.82, 2.24) is 4.90 Å². The molecule has 11 heteroatoms. The first-order valence-electron chi connectivity index (χ1n) is 12.6. The van der Waals surface area contributed by atoms with Gasteiger partial charge in [-0.25, -0.2) is 9.59 Å². The van der Waals surface area contributed by atoms with E-state index in [1.165, 1.54) is 4.90 Å². The van der Waals surface area contributed by atoms with E-state index in [2.05, 4.69) is 10.2 Å². The third-order valence-electron chi connectivity index (χ3n) is 5.73. The van der Waals surface area contributed by atoms with E-state index in [-0.39, 0.29) is 19.7 Å². The number of nitrogen functional groups attached to an aromatic ring is 1. The summed E-state index contributed by atoms with van der Waals surface area (Å²) < 4.78 is 16.9. The molecule has 1 aliphatic rings. The summed E-state index contributed by atoms with van der Waals surface area (Å²) in [4.78, 5) is 27.0. The lowest BCUT2D eigenvalue weighted by atomic mass is 9.92. The van der Waals surface area contributed by atoms with Crippen molar-refractivity contribution in [2.45, 2.75) is 71.3 Å². The Morgan fingerprint density at radius 3 is 2.36 bits per heavy atom. The smallest absolute Gasteiger partial charge is 0.410 e. The molecule has 0 saturated heterocycles. The molecule has 0 radical (unpaired) electrons. The monoisotopic (exact) mass is 560 g/mol. The molecule has 1 aliphatic heterocycles. The van der Waals surface area contributed by atoms with Crippen LogP contribution in [0, 0.1) is 0 Å². The number of nitrogens with two attached hydrogens (primary N) is 1. The highest BCUT2D eigenvalue weighted by atomic mass is 35.5. The highest BCUT2D eigenvalue weighted by Gasteiger charge is 2.44. The Kier molecular flexibility index (Phi) is 8.82. The molecule has 2 aromatic rings. The average Bonchev–Trinajstić information content (AvgIpc) is 3.15. The molecule has 2 aromatic carbocycles. The number of carbonyl (C=O) groups is 2. The minimum atomic E-state index is -1.24. The van der Waals surface area contributed by atoms with Gasteiger partial charge < -0.3 is 30.0 Å². The molecule has 10 nitrogen and oxygen atoms in total. The Labute approximate surface area is 234 Å². The summed E-state index contributed by atoms with van der Waals surface area (Å²) in [6, 6.07) is 9.93. The molecular formula is C28H37ClN4O6. The third kappa shape index (κ3) is 7.83. The van der Waals surface area contributed by atoms with Crippen molar-refractivity contribution in [2.24, 2.45) is 10.2 Å². The second kappa shape index (κ2) is 11.4. The number of nitrogens with zero attached hydrogens (tertiary/aromatic N) is 3. The molecule has 0 spiro atoms. The van der Waals surface area contributed by atoms with Crippen LogP contribution in [0.5, 0.6) is 5.75 Å². The number of aliphatic hydroxyl groups excluding tert-OH is 1. The van der Waals surface area contributed by atoms with Gasteiger partial charge in [-0.3, -0.25) is 0 Å². The van der Waals surface area contributed by atoms with Crippen LogP contribution in [0.3, 0.4) is 0 Å². The normalized spacial score (nSPS) is 17.4. The van der Waals surface area contributed by atoms with Gasteiger partial charge in [-0.1, -0.05) is 23.7 Å². The van der Waals surface area contributed by atoms with Gasteiger partial charge in [0, 0.05) is 11.6 Å². The van der Waals surface area contributed by atoms with Gasteiger partial charge in [-0.05, 0) is 72.2 Å². The minimum Gasteiger partial charge on any atom is -0.492 e. The second-order valence-corrected chi connectivity index (χ2v) is 11.9. The maximum atomic E-state index is 12.9. The first-order chi connectivity index (χ1) is 18.0. The molecule has 1 heterocycles. The number of ether oxygens (including phenoxy) is 3. The van der Waals surface area contributed by atoms with Crippen LogP contribution in [0.4, 0.5) is 16.2 Å². The van der Waals surface area contributed by atoms with Crippen molar-refractivity contribution in [1.29, 1.82) is 0 Å². The van der Waals surface area contributed by atoms with Crippen LogP contribution in [0.1, 0.15) is 65.7 Å². The Bertz CT molecular complexity index is 1250. The van der Waals surface area contributed by atoms with Crippen LogP contribution in [-0.2, 0) is 19.8 Å². The minimum absolute atomic E-state index is 0.0496. The molecule has 3 rings (SSSR count). The molecule has 2 atom stereocenters. The molecule has 0 aliphatic carbocycles. The van der Waals surface area contributed by atoms with Gasteiger partial charge in [-0.2, -0.15) is 10.2 Å². The Balaban J connectivity index is 1.69. The summed E-state index contributed by atoms with van der Waals surface area (Å²) in [5.41, 5.74) is 5.21. The quantitative estimate of drug-likeness (QED) is 0.302. The molecule has 3 N–H and O–H groups in total. The number of azo groups is 1. The topological polar surface area (TPSA) is 136 Å². The Morgan fingerprint density at radius 2 is 1.74 bits per heavy atom. The molecular weight excluding hydrogens is 524 g/mol. The number of hydrogen-bond donors (Lipinski definition) is 2. The van der Waals surface area contributed by atoms with Gasteiger partial charge in [0.2, 0.25) is 5.54 Å². The van der Waals surface area contributed by atoms with E-state index in [1.807, 2.05) is 0 Å². The zero-order valence-corrected chi connectivity index (χ0v) is 24.2. The molecule has 0 saturated carbocycles. The number of hydrogen-bond acceptors (Lipinski definition) is 9. The SMILES string of the molecule is CC(C)(C)OC(=O)N(CCOc1ccc2c(c1)N=NC2(C)C(=O)OC(C)(C)C)CC(O)c1ccc(Cl)c(N)c1. The van der Waals surface area contributed by atoms with Gasteiger partial charge in [0.25, 0.3) is 0 Å². The van der Waals surface area contributed by atoms with Crippen LogP contribution in [0.15, 0.2) is 46.6 Å². The molecule has 0 bridgehead atoms. The molecule has 0 aromatic heterocycles. The zero-order chi connectivity index (χ0) is 29.2. The van der Waals surface area contributed by atoms with E-state index >= 15 is 0 Å². The number of amides is 1. The number of rotatable bonds is 8. The molecule has 39 heavy (non-hydrogen) atoms. The summed E-state index contributed by atoms with van der Waals surface area (Å²) in [5.74, 6) is -0.00327. The van der Waals surface area contributed by atoms with Crippen molar-refractivity contribution in [3.05, 3.63) is 52.5 Å². The summed E-state index contributed by atoms with van der Waals surface area (Å²) in [7, 11) is 0. The van der Waals surface area contributed by atoms with Crippen LogP contribution in [-0.4, -0.2) is 53.0 Å². The fraction of sp³-hybridized carbons (Fsp3) is 0.500. The summed E-state index contributed by atoms with van der Waals surface area (Å²) in [5, 5.41) is 19.5. The van der Waals surface area contributed by atoms with E-state index in [9.17, 15) is 14.7 Å².